The van der Waals surface area contributed by atoms with Crippen LogP contribution in [0.25, 0.3) is 0 Å². The van der Waals surface area contributed by atoms with Crippen molar-refractivity contribution in [2.24, 2.45) is 5.41 Å². The molecule has 0 aromatic heterocycles. The summed E-state index contributed by atoms with van der Waals surface area (Å²) in [6.07, 6.45) is 18.3. The SMILES string of the molecule is CCCCCN(C(=O)S)C(=O)C=C(C)C=CC=C(C)C=CC1=C(C)CCCC1(C)C. The van der Waals surface area contributed by atoms with Crippen LogP contribution in [0.1, 0.15) is 80.1 Å². The van der Waals surface area contributed by atoms with Gasteiger partial charge in [0.1, 0.15) is 0 Å². The average Bonchev–Trinajstić information content (AvgIpc) is 2.63. The number of hydrogen-bond donors (Lipinski definition) is 1. The van der Waals surface area contributed by atoms with Crippen molar-refractivity contribution in [1.29, 1.82) is 0 Å². The van der Waals surface area contributed by atoms with Gasteiger partial charge in [0.25, 0.3) is 11.1 Å². The summed E-state index contributed by atoms with van der Waals surface area (Å²) in [6.45, 7) is 13.3. The monoisotopic (exact) mass is 429 g/mol. The summed E-state index contributed by atoms with van der Waals surface area (Å²) in [5, 5.41) is -0.500. The van der Waals surface area contributed by atoms with E-state index in [9.17, 15) is 9.59 Å². The van der Waals surface area contributed by atoms with E-state index in [1.165, 1.54) is 41.4 Å². The van der Waals surface area contributed by atoms with Crippen LogP contribution in [0.3, 0.4) is 0 Å². The highest BCUT2D eigenvalue weighted by Crippen LogP contribution is 2.40. The van der Waals surface area contributed by atoms with Gasteiger partial charge >= 0.3 is 0 Å². The van der Waals surface area contributed by atoms with Crippen molar-refractivity contribution in [3.63, 3.8) is 0 Å². The predicted molar refractivity (Wildman–Crippen MR) is 132 cm³/mol. The van der Waals surface area contributed by atoms with E-state index in [0.717, 1.165) is 30.4 Å². The maximum absolute atomic E-state index is 12.4. The van der Waals surface area contributed by atoms with Gasteiger partial charge in [-0.25, -0.2) is 0 Å². The Hall–Kier alpha value is -1.81. The van der Waals surface area contributed by atoms with Crippen LogP contribution in [-0.2, 0) is 4.79 Å². The molecule has 3 nitrogen and oxygen atoms in total. The fourth-order valence-corrected chi connectivity index (χ4v) is 3.97. The van der Waals surface area contributed by atoms with Crippen LogP contribution in [0.4, 0.5) is 4.79 Å². The Morgan fingerprint density at radius 1 is 1.13 bits per heavy atom. The van der Waals surface area contributed by atoms with Gasteiger partial charge in [0.15, 0.2) is 0 Å². The second-order valence-electron chi connectivity index (χ2n) is 8.90. The van der Waals surface area contributed by atoms with Crippen LogP contribution in [0, 0.1) is 5.41 Å². The number of allylic oxidation sites excluding steroid dienone is 9. The lowest BCUT2D eigenvalue weighted by Gasteiger charge is -2.32. The van der Waals surface area contributed by atoms with Gasteiger partial charge in [-0.15, -0.1) is 0 Å². The third-order valence-corrected chi connectivity index (χ3v) is 5.85. The third kappa shape index (κ3) is 8.91. The molecule has 0 aromatic carbocycles. The smallest absolute Gasteiger partial charge is 0.270 e. The Labute approximate surface area is 189 Å². The molecule has 0 saturated heterocycles. The topological polar surface area (TPSA) is 37.4 Å². The number of thiol groups is 1. The second-order valence-corrected chi connectivity index (χ2v) is 9.29. The van der Waals surface area contributed by atoms with Crippen LogP contribution in [0.2, 0.25) is 0 Å². The highest BCUT2D eigenvalue weighted by atomic mass is 32.1. The van der Waals surface area contributed by atoms with E-state index in [1.807, 2.05) is 25.2 Å². The van der Waals surface area contributed by atoms with Gasteiger partial charge < -0.3 is 0 Å². The number of carbonyl (C=O) groups is 2. The van der Waals surface area contributed by atoms with Crippen LogP contribution < -0.4 is 0 Å². The highest BCUT2D eigenvalue weighted by molar-refractivity contribution is 7.96. The molecule has 1 rings (SSSR count). The Morgan fingerprint density at radius 3 is 2.43 bits per heavy atom. The molecule has 0 unspecified atom stereocenters. The number of hydrogen-bond acceptors (Lipinski definition) is 2. The number of nitrogens with zero attached hydrogens (tertiary/aromatic N) is 1. The molecule has 0 fully saturated rings. The summed E-state index contributed by atoms with van der Waals surface area (Å²) in [5.74, 6) is -0.309. The molecule has 4 heteroatoms. The van der Waals surface area contributed by atoms with Crippen molar-refractivity contribution in [2.75, 3.05) is 6.54 Å². The molecule has 0 aromatic rings. The zero-order valence-corrected chi connectivity index (χ0v) is 20.5. The molecule has 0 atom stereocenters. The van der Waals surface area contributed by atoms with Crippen molar-refractivity contribution in [3.05, 3.63) is 58.7 Å². The third-order valence-electron chi connectivity index (χ3n) is 5.61. The van der Waals surface area contributed by atoms with Gasteiger partial charge in [0, 0.05) is 12.6 Å². The fraction of sp³-hybridized carbons (Fsp3) is 0.538. The first-order valence-corrected chi connectivity index (χ1v) is 11.5. The van der Waals surface area contributed by atoms with Gasteiger partial charge in [-0.3, -0.25) is 14.5 Å². The van der Waals surface area contributed by atoms with E-state index in [1.54, 1.807) is 0 Å². The molecule has 1 aliphatic rings. The summed E-state index contributed by atoms with van der Waals surface area (Å²) in [6, 6.07) is 0. The molecule has 1 aliphatic carbocycles. The zero-order valence-electron chi connectivity index (χ0n) is 19.6. The number of unbranched alkanes of at least 4 members (excludes halogenated alkanes) is 2. The van der Waals surface area contributed by atoms with Gasteiger partial charge in [-0.2, -0.15) is 0 Å². The predicted octanol–water partition coefficient (Wildman–Crippen LogP) is 7.59. The number of rotatable bonds is 9. The molecule has 30 heavy (non-hydrogen) atoms. The minimum Gasteiger partial charge on any atom is -0.270 e. The lowest BCUT2D eigenvalue weighted by atomic mass is 9.72. The Bertz CT molecular complexity index is 766. The van der Waals surface area contributed by atoms with E-state index < -0.39 is 5.24 Å². The van der Waals surface area contributed by atoms with E-state index >= 15 is 0 Å². The summed E-state index contributed by atoms with van der Waals surface area (Å²) in [4.78, 5) is 25.2. The van der Waals surface area contributed by atoms with Crippen molar-refractivity contribution in [3.8, 4) is 0 Å². The highest BCUT2D eigenvalue weighted by Gasteiger charge is 2.26. The molecule has 0 saturated carbocycles. The average molecular weight is 430 g/mol. The second kappa shape index (κ2) is 12.8. The lowest BCUT2D eigenvalue weighted by Crippen LogP contribution is -2.33. The van der Waals surface area contributed by atoms with Gasteiger partial charge in [0.05, 0.1) is 0 Å². The Kier molecular flexibility index (Phi) is 11.2. The minimum absolute atomic E-state index is 0.238. The molecule has 0 bridgehead atoms. The normalized spacial score (nSPS) is 17.8. The van der Waals surface area contributed by atoms with E-state index in [0.29, 0.717) is 6.54 Å². The van der Waals surface area contributed by atoms with Crippen molar-refractivity contribution in [1.82, 2.24) is 4.90 Å². The summed E-state index contributed by atoms with van der Waals surface area (Å²) in [7, 11) is 0. The Morgan fingerprint density at radius 2 is 1.83 bits per heavy atom. The molecule has 0 N–H and O–H groups in total. The van der Waals surface area contributed by atoms with Crippen LogP contribution in [0.15, 0.2) is 58.7 Å². The molecule has 2 amide bonds. The first-order valence-electron chi connectivity index (χ1n) is 11.0. The summed E-state index contributed by atoms with van der Waals surface area (Å²) >= 11 is 3.84. The van der Waals surface area contributed by atoms with E-state index in [2.05, 4.69) is 59.4 Å². The zero-order chi connectivity index (χ0) is 22.7. The van der Waals surface area contributed by atoms with Crippen LogP contribution in [-0.4, -0.2) is 22.6 Å². The standard InChI is InChI=1S/C26H39NO2S/c1-7-8-9-18-27(25(29)30)24(28)19-21(3)13-10-12-20(2)15-16-23-22(4)14-11-17-26(23,5)6/h10,12-13,15-16,19H,7-9,11,14,17-18H2,1-6H3,(H,29,30). The largest absolute Gasteiger partial charge is 0.285 e. The van der Waals surface area contributed by atoms with E-state index in [4.69, 9.17) is 0 Å². The minimum atomic E-state index is -0.500. The number of carbonyl (C=O) groups excluding carboxylic acids is 2. The maximum atomic E-state index is 12.4. The first-order chi connectivity index (χ1) is 14.1. The lowest BCUT2D eigenvalue weighted by molar-refractivity contribution is -0.122. The van der Waals surface area contributed by atoms with Gasteiger partial charge in [-0.1, -0.05) is 87.8 Å². The molecule has 0 aliphatic heterocycles. The van der Waals surface area contributed by atoms with Crippen LogP contribution >= 0.6 is 12.6 Å². The summed E-state index contributed by atoms with van der Waals surface area (Å²) < 4.78 is 0. The molecule has 0 radical (unpaired) electrons. The molecular formula is C26H39NO2S. The Balaban J connectivity index is 2.77. The molecule has 0 spiro atoms. The number of imide groups is 1. The first kappa shape index (κ1) is 26.2. The molecular weight excluding hydrogens is 390 g/mol. The molecule has 0 heterocycles. The van der Waals surface area contributed by atoms with Crippen molar-refractivity contribution in [2.45, 2.75) is 80.1 Å². The van der Waals surface area contributed by atoms with Crippen molar-refractivity contribution < 1.29 is 9.59 Å². The van der Waals surface area contributed by atoms with Crippen molar-refractivity contribution >= 4 is 23.8 Å². The quantitative estimate of drug-likeness (QED) is 0.177. The maximum Gasteiger partial charge on any atom is 0.285 e. The van der Waals surface area contributed by atoms with Gasteiger partial charge in [0.2, 0.25) is 0 Å². The van der Waals surface area contributed by atoms with Crippen LogP contribution in [0.5, 0.6) is 0 Å². The summed E-state index contributed by atoms with van der Waals surface area (Å²) in [5.41, 5.74) is 5.13. The molecule has 166 valence electrons. The van der Waals surface area contributed by atoms with E-state index in [-0.39, 0.29) is 11.3 Å². The van der Waals surface area contributed by atoms with Gasteiger partial charge in [-0.05, 0) is 63.0 Å². The number of amides is 2. The fourth-order valence-electron chi connectivity index (χ4n) is 3.77.